The first kappa shape index (κ1) is 13.9. The van der Waals surface area contributed by atoms with Crippen molar-refractivity contribution in [3.05, 3.63) is 12.2 Å². The van der Waals surface area contributed by atoms with Gasteiger partial charge in [-0.25, -0.2) is 0 Å². The van der Waals surface area contributed by atoms with Crippen LogP contribution >= 0.6 is 11.8 Å². The van der Waals surface area contributed by atoms with Crippen molar-refractivity contribution in [2.24, 2.45) is 5.92 Å². The van der Waals surface area contributed by atoms with Crippen LogP contribution in [0.4, 0.5) is 0 Å². The van der Waals surface area contributed by atoms with E-state index in [0.29, 0.717) is 12.2 Å². The lowest BCUT2D eigenvalue weighted by Crippen LogP contribution is -2.13. The Kier molecular flexibility index (Phi) is 6.70. The van der Waals surface area contributed by atoms with Gasteiger partial charge < -0.3 is 5.11 Å². The third-order valence-corrected chi connectivity index (χ3v) is 2.68. The van der Waals surface area contributed by atoms with Gasteiger partial charge in [-0.05, 0) is 13.3 Å². The zero-order chi connectivity index (χ0) is 11.8. The molecule has 0 saturated carbocycles. The number of thioether (sulfide) groups is 1. The SMILES string of the molecule is CC=CC(CCSC(=O)C(C)=O)C(=O)O. The van der Waals surface area contributed by atoms with Crippen LogP contribution in [0.1, 0.15) is 20.3 Å². The molecule has 0 fully saturated rings. The van der Waals surface area contributed by atoms with Crippen LogP contribution in [0, 0.1) is 5.92 Å². The highest BCUT2D eigenvalue weighted by molar-refractivity contribution is 8.15. The summed E-state index contributed by atoms with van der Waals surface area (Å²) in [6.07, 6.45) is 3.58. The van der Waals surface area contributed by atoms with Crippen molar-refractivity contribution < 1.29 is 19.5 Å². The molecule has 0 spiro atoms. The Bertz CT molecular complexity index is 283. The molecule has 4 nitrogen and oxygen atoms in total. The second-order valence-corrected chi connectivity index (χ2v) is 4.02. The highest BCUT2D eigenvalue weighted by Gasteiger charge is 2.15. The number of ketones is 1. The van der Waals surface area contributed by atoms with Crippen LogP contribution in [0.2, 0.25) is 0 Å². The van der Waals surface area contributed by atoms with Gasteiger partial charge in [0.15, 0.2) is 0 Å². The standard InChI is InChI=1S/C10H14O4S/c1-3-4-8(9(12)13)5-6-15-10(14)7(2)11/h3-4,8H,5-6H2,1-2H3,(H,12,13). The molecular weight excluding hydrogens is 216 g/mol. The van der Waals surface area contributed by atoms with Gasteiger partial charge in [0.2, 0.25) is 5.78 Å². The van der Waals surface area contributed by atoms with Crippen LogP contribution in [0.5, 0.6) is 0 Å². The number of carbonyl (C=O) groups excluding carboxylic acids is 2. The quantitative estimate of drug-likeness (QED) is 0.553. The minimum atomic E-state index is -0.913. The number of hydrogen-bond acceptors (Lipinski definition) is 4. The van der Waals surface area contributed by atoms with Gasteiger partial charge in [-0.2, -0.15) is 0 Å². The zero-order valence-electron chi connectivity index (χ0n) is 8.73. The second-order valence-electron chi connectivity index (χ2n) is 2.95. The summed E-state index contributed by atoms with van der Waals surface area (Å²) in [6, 6.07) is 0. The first-order chi connectivity index (χ1) is 6.99. The van der Waals surface area contributed by atoms with Gasteiger partial charge >= 0.3 is 5.97 Å². The summed E-state index contributed by atoms with van der Waals surface area (Å²) >= 11 is 0.870. The predicted molar refractivity (Wildman–Crippen MR) is 58.7 cm³/mol. The normalized spacial score (nSPS) is 12.7. The van der Waals surface area contributed by atoms with E-state index in [1.165, 1.54) is 6.92 Å². The van der Waals surface area contributed by atoms with Crippen LogP contribution in [0.15, 0.2) is 12.2 Å². The molecule has 0 rings (SSSR count). The largest absolute Gasteiger partial charge is 0.481 e. The van der Waals surface area contributed by atoms with Gasteiger partial charge in [0.25, 0.3) is 5.12 Å². The average molecular weight is 230 g/mol. The van der Waals surface area contributed by atoms with Gasteiger partial charge in [-0.15, -0.1) is 0 Å². The molecular formula is C10H14O4S. The van der Waals surface area contributed by atoms with Gasteiger partial charge in [0.1, 0.15) is 0 Å². The maximum absolute atomic E-state index is 10.9. The number of carboxylic acids is 1. The summed E-state index contributed by atoms with van der Waals surface area (Å²) in [7, 11) is 0. The summed E-state index contributed by atoms with van der Waals surface area (Å²) in [5.74, 6) is -1.65. The fourth-order valence-electron chi connectivity index (χ4n) is 0.915. The molecule has 0 amide bonds. The Labute approximate surface area is 92.7 Å². The Hall–Kier alpha value is -1.10. The van der Waals surface area contributed by atoms with Crippen molar-refractivity contribution in [1.29, 1.82) is 0 Å². The summed E-state index contributed by atoms with van der Waals surface area (Å²) in [5, 5.41) is 8.25. The molecule has 5 heteroatoms. The number of rotatable bonds is 6. The first-order valence-corrected chi connectivity index (χ1v) is 5.51. The summed E-state index contributed by atoms with van der Waals surface area (Å²) in [4.78, 5) is 32.2. The molecule has 0 saturated heterocycles. The van der Waals surface area contributed by atoms with E-state index in [1.807, 2.05) is 0 Å². The van der Waals surface area contributed by atoms with E-state index in [1.54, 1.807) is 19.1 Å². The van der Waals surface area contributed by atoms with E-state index in [-0.39, 0.29) is 0 Å². The van der Waals surface area contributed by atoms with Crippen LogP contribution < -0.4 is 0 Å². The molecule has 0 bridgehead atoms. The Morgan fingerprint density at radius 2 is 2.00 bits per heavy atom. The lowest BCUT2D eigenvalue weighted by Gasteiger charge is -2.05. The molecule has 1 unspecified atom stereocenters. The molecule has 15 heavy (non-hydrogen) atoms. The minimum absolute atomic E-state index is 0.347. The first-order valence-electron chi connectivity index (χ1n) is 4.52. The van der Waals surface area contributed by atoms with Gasteiger partial charge in [-0.3, -0.25) is 14.4 Å². The molecule has 0 aliphatic carbocycles. The van der Waals surface area contributed by atoms with E-state index in [9.17, 15) is 14.4 Å². The molecule has 0 aromatic heterocycles. The zero-order valence-corrected chi connectivity index (χ0v) is 9.54. The van der Waals surface area contributed by atoms with E-state index in [0.717, 1.165) is 11.8 Å². The van der Waals surface area contributed by atoms with Crippen molar-refractivity contribution in [3.63, 3.8) is 0 Å². The fraction of sp³-hybridized carbons (Fsp3) is 0.500. The summed E-state index contributed by atoms with van der Waals surface area (Å²) in [5.41, 5.74) is 0. The molecule has 84 valence electrons. The van der Waals surface area contributed by atoms with Crippen LogP contribution in [-0.4, -0.2) is 27.7 Å². The molecule has 0 radical (unpaired) electrons. The van der Waals surface area contributed by atoms with Crippen LogP contribution in [0.3, 0.4) is 0 Å². The van der Waals surface area contributed by atoms with E-state index >= 15 is 0 Å². The second kappa shape index (κ2) is 7.23. The number of carbonyl (C=O) groups is 3. The number of hydrogen-bond donors (Lipinski definition) is 1. The maximum Gasteiger partial charge on any atom is 0.310 e. The smallest absolute Gasteiger partial charge is 0.310 e. The molecule has 0 aliphatic rings. The van der Waals surface area contributed by atoms with Crippen molar-refractivity contribution in [3.8, 4) is 0 Å². The van der Waals surface area contributed by atoms with Crippen molar-refractivity contribution in [2.75, 3.05) is 5.75 Å². The van der Waals surface area contributed by atoms with Crippen molar-refractivity contribution >= 4 is 28.6 Å². The number of aliphatic carboxylic acids is 1. The number of allylic oxidation sites excluding steroid dienone is 1. The highest BCUT2D eigenvalue weighted by Crippen LogP contribution is 2.12. The number of carboxylic acid groups (broad SMARTS) is 1. The van der Waals surface area contributed by atoms with Gasteiger partial charge in [0, 0.05) is 12.7 Å². The summed E-state index contributed by atoms with van der Waals surface area (Å²) < 4.78 is 0. The van der Waals surface area contributed by atoms with Crippen LogP contribution in [-0.2, 0) is 14.4 Å². The number of Topliss-reactive ketones (excluding diaryl/α,β-unsaturated/α-hetero) is 1. The molecule has 0 aromatic carbocycles. The third-order valence-electron chi connectivity index (χ3n) is 1.69. The third kappa shape index (κ3) is 6.06. The topological polar surface area (TPSA) is 71.4 Å². The molecule has 1 atom stereocenters. The Morgan fingerprint density at radius 1 is 1.40 bits per heavy atom. The molecule has 0 heterocycles. The van der Waals surface area contributed by atoms with E-state index in [4.69, 9.17) is 5.11 Å². The molecule has 0 aliphatic heterocycles. The Balaban J connectivity index is 3.97. The summed E-state index contributed by atoms with van der Waals surface area (Å²) in [6.45, 7) is 2.94. The highest BCUT2D eigenvalue weighted by atomic mass is 32.2. The lowest BCUT2D eigenvalue weighted by atomic mass is 10.1. The van der Waals surface area contributed by atoms with Gasteiger partial charge in [0.05, 0.1) is 5.92 Å². The van der Waals surface area contributed by atoms with Crippen molar-refractivity contribution in [1.82, 2.24) is 0 Å². The van der Waals surface area contributed by atoms with Gasteiger partial charge in [-0.1, -0.05) is 23.9 Å². The lowest BCUT2D eigenvalue weighted by molar-refractivity contribution is -0.140. The van der Waals surface area contributed by atoms with E-state index < -0.39 is 22.8 Å². The fourth-order valence-corrected chi connectivity index (χ4v) is 1.67. The molecule has 1 N–H and O–H groups in total. The minimum Gasteiger partial charge on any atom is -0.481 e. The average Bonchev–Trinajstić information content (AvgIpc) is 2.15. The molecule has 0 aromatic rings. The van der Waals surface area contributed by atoms with Crippen LogP contribution in [0.25, 0.3) is 0 Å². The predicted octanol–water partition coefficient (Wildman–Crippen LogP) is 1.50. The van der Waals surface area contributed by atoms with E-state index in [2.05, 4.69) is 0 Å². The van der Waals surface area contributed by atoms with Crippen molar-refractivity contribution in [2.45, 2.75) is 20.3 Å². The maximum atomic E-state index is 10.9. The Morgan fingerprint density at radius 3 is 2.40 bits per heavy atom. The monoisotopic (exact) mass is 230 g/mol.